The van der Waals surface area contributed by atoms with Crippen LogP contribution in [0.25, 0.3) is 10.2 Å². The van der Waals surface area contributed by atoms with E-state index in [2.05, 4.69) is 31.5 Å². The van der Waals surface area contributed by atoms with E-state index in [1.165, 1.54) is 11.3 Å². The van der Waals surface area contributed by atoms with Crippen molar-refractivity contribution < 1.29 is 4.79 Å². The summed E-state index contributed by atoms with van der Waals surface area (Å²) in [7, 11) is 0. The monoisotopic (exact) mass is 361 g/mol. The molecule has 21 heavy (non-hydrogen) atoms. The molecule has 3 aromatic rings. The normalized spacial score (nSPS) is 10.5. The molecule has 0 aliphatic rings. The minimum absolute atomic E-state index is 0.256. The Kier molecular flexibility index (Phi) is 4.17. The molecule has 2 N–H and O–H groups in total. The highest BCUT2D eigenvalue weighted by atomic mass is 79.9. The minimum Gasteiger partial charge on any atom is -0.334 e. The molecule has 4 nitrogen and oxygen atoms in total. The second-order valence-corrected chi connectivity index (χ2v) is 6.28. The SMILES string of the molecule is O=C(NCc1ccccc1)Nc1nc2c(Br)cccc2s1. The lowest BCUT2D eigenvalue weighted by Crippen LogP contribution is -2.28. The Morgan fingerprint density at radius 2 is 1.95 bits per heavy atom. The van der Waals surface area contributed by atoms with Crippen LogP contribution in [0.1, 0.15) is 5.56 Å². The van der Waals surface area contributed by atoms with Crippen molar-refractivity contribution in [2.75, 3.05) is 5.32 Å². The van der Waals surface area contributed by atoms with Crippen LogP contribution in [0.3, 0.4) is 0 Å². The number of anilines is 1. The van der Waals surface area contributed by atoms with E-state index in [4.69, 9.17) is 0 Å². The van der Waals surface area contributed by atoms with E-state index >= 15 is 0 Å². The number of rotatable bonds is 3. The highest BCUT2D eigenvalue weighted by molar-refractivity contribution is 9.10. The van der Waals surface area contributed by atoms with Crippen LogP contribution in [-0.4, -0.2) is 11.0 Å². The number of urea groups is 1. The molecule has 0 aliphatic carbocycles. The van der Waals surface area contributed by atoms with Gasteiger partial charge in [0.15, 0.2) is 5.13 Å². The fraction of sp³-hybridized carbons (Fsp3) is 0.0667. The van der Waals surface area contributed by atoms with Crippen molar-refractivity contribution in [2.45, 2.75) is 6.54 Å². The van der Waals surface area contributed by atoms with Crippen molar-refractivity contribution in [2.24, 2.45) is 0 Å². The fourth-order valence-corrected chi connectivity index (χ4v) is 3.36. The van der Waals surface area contributed by atoms with E-state index in [1.54, 1.807) is 0 Å². The molecule has 0 saturated heterocycles. The number of nitrogens with zero attached hydrogens (tertiary/aromatic N) is 1. The zero-order chi connectivity index (χ0) is 14.7. The van der Waals surface area contributed by atoms with Gasteiger partial charge in [-0.25, -0.2) is 9.78 Å². The summed E-state index contributed by atoms with van der Waals surface area (Å²) < 4.78 is 1.96. The molecule has 6 heteroatoms. The van der Waals surface area contributed by atoms with Crippen LogP contribution in [0.4, 0.5) is 9.93 Å². The lowest BCUT2D eigenvalue weighted by atomic mass is 10.2. The molecule has 2 aromatic carbocycles. The second kappa shape index (κ2) is 6.24. The lowest BCUT2D eigenvalue weighted by Gasteiger charge is -2.05. The number of hydrogen-bond acceptors (Lipinski definition) is 3. The van der Waals surface area contributed by atoms with Crippen molar-refractivity contribution in [3.05, 3.63) is 58.6 Å². The highest BCUT2D eigenvalue weighted by Crippen LogP contribution is 2.30. The number of carbonyl (C=O) groups is 1. The van der Waals surface area contributed by atoms with Gasteiger partial charge in [-0.3, -0.25) is 5.32 Å². The maximum absolute atomic E-state index is 11.9. The van der Waals surface area contributed by atoms with Gasteiger partial charge >= 0.3 is 6.03 Å². The summed E-state index contributed by atoms with van der Waals surface area (Å²) in [6.07, 6.45) is 0. The molecule has 1 aromatic heterocycles. The van der Waals surface area contributed by atoms with E-state index in [0.717, 1.165) is 20.3 Å². The van der Waals surface area contributed by atoms with Crippen molar-refractivity contribution in [1.29, 1.82) is 0 Å². The fourth-order valence-electron chi connectivity index (χ4n) is 1.89. The Labute approximate surface area is 134 Å². The van der Waals surface area contributed by atoms with Gasteiger partial charge in [-0.05, 0) is 33.6 Å². The van der Waals surface area contributed by atoms with Crippen LogP contribution in [0, 0.1) is 0 Å². The largest absolute Gasteiger partial charge is 0.334 e. The molecule has 106 valence electrons. The molecule has 0 fully saturated rings. The van der Waals surface area contributed by atoms with Crippen LogP contribution < -0.4 is 10.6 Å². The Morgan fingerprint density at radius 1 is 1.14 bits per heavy atom. The van der Waals surface area contributed by atoms with Crippen LogP contribution in [-0.2, 0) is 6.54 Å². The molecule has 0 unspecified atom stereocenters. The lowest BCUT2D eigenvalue weighted by molar-refractivity contribution is 0.251. The zero-order valence-electron chi connectivity index (χ0n) is 11.0. The van der Waals surface area contributed by atoms with E-state index < -0.39 is 0 Å². The predicted molar refractivity (Wildman–Crippen MR) is 89.6 cm³/mol. The Hall–Kier alpha value is -1.92. The topological polar surface area (TPSA) is 54.0 Å². The number of nitrogens with one attached hydrogen (secondary N) is 2. The number of carbonyl (C=O) groups excluding carboxylic acids is 1. The Bertz CT molecular complexity index is 773. The first-order valence-corrected chi connectivity index (χ1v) is 7.97. The third-order valence-electron chi connectivity index (χ3n) is 2.89. The van der Waals surface area contributed by atoms with Gasteiger partial charge in [0.25, 0.3) is 0 Å². The molecular weight excluding hydrogens is 350 g/mol. The zero-order valence-corrected chi connectivity index (χ0v) is 13.4. The predicted octanol–water partition coefficient (Wildman–Crippen LogP) is 4.38. The summed E-state index contributed by atoms with van der Waals surface area (Å²) in [5.41, 5.74) is 1.92. The number of para-hydroxylation sites is 1. The van der Waals surface area contributed by atoms with Crippen molar-refractivity contribution in [3.63, 3.8) is 0 Å². The summed E-state index contributed by atoms with van der Waals surface area (Å²) in [5.74, 6) is 0. The number of thiazole rings is 1. The van der Waals surface area contributed by atoms with E-state index in [-0.39, 0.29) is 6.03 Å². The van der Waals surface area contributed by atoms with Crippen molar-refractivity contribution in [3.8, 4) is 0 Å². The van der Waals surface area contributed by atoms with Gasteiger partial charge in [0, 0.05) is 11.0 Å². The van der Waals surface area contributed by atoms with Crippen LogP contribution in [0.5, 0.6) is 0 Å². The summed E-state index contributed by atoms with van der Waals surface area (Å²) >= 11 is 4.90. The van der Waals surface area contributed by atoms with Gasteiger partial charge in [-0.1, -0.05) is 47.7 Å². The highest BCUT2D eigenvalue weighted by Gasteiger charge is 2.09. The first-order chi connectivity index (χ1) is 10.2. The van der Waals surface area contributed by atoms with Gasteiger partial charge in [0.1, 0.15) is 0 Å². The summed E-state index contributed by atoms with van der Waals surface area (Å²) in [4.78, 5) is 16.3. The molecule has 0 spiro atoms. The van der Waals surface area contributed by atoms with Gasteiger partial charge in [0.05, 0.1) is 10.2 Å². The number of benzene rings is 2. The molecule has 0 atom stereocenters. The molecule has 0 bridgehead atoms. The molecule has 1 heterocycles. The smallest absolute Gasteiger partial charge is 0.321 e. The number of fused-ring (bicyclic) bond motifs is 1. The van der Waals surface area contributed by atoms with Crippen LogP contribution >= 0.6 is 27.3 Å². The first kappa shape index (κ1) is 14.0. The standard InChI is InChI=1S/C15H12BrN3OS/c16-11-7-4-8-12-13(11)18-15(21-12)19-14(20)17-9-10-5-2-1-3-6-10/h1-8H,9H2,(H2,17,18,19,20). The molecule has 0 aliphatic heterocycles. The molecule has 2 amide bonds. The van der Waals surface area contributed by atoms with Gasteiger partial charge < -0.3 is 5.32 Å². The van der Waals surface area contributed by atoms with Crippen LogP contribution in [0.2, 0.25) is 0 Å². The summed E-state index contributed by atoms with van der Waals surface area (Å²) in [6.45, 7) is 0.487. The molecular formula is C15H12BrN3OS. The number of aromatic nitrogens is 1. The number of amides is 2. The minimum atomic E-state index is -0.256. The van der Waals surface area contributed by atoms with Crippen molar-refractivity contribution >= 4 is 48.6 Å². The molecule has 3 rings (SSSR count). The maximum atomic E-state index is 11.9. The van der Waals surface area contributed by atoms with E-state index in [9.17, 15) is 4.79 Å². The quantitative estimate of drug-likeness (QED) is 0.727. The Balaban J connectivity index is 1.65. The second-order valence-electron chi connectivity index (χ2n) is 4.40. The maximum Gasteiger partial charge on any atom is 0.321 e. The molecule has 0 saturated carbocycles. The third kappa shape index (κ3) is 3.40. The average Bonchev–Trinajstić information content (AvgIpc) is 2.90. The Morgan fingerprint density at radius 3 is 2.71 bits per heavy atom. The first-order valence-electron chi connectivity index (χ1n) is 6.36. The average molecular weight is 362 g/mol. The number of hydrogen-bond donors (Lipinski definition) is 2. The van der Waals surface area contributed by atoms with Crippen molar-refractivity contribution in [1.82, 2.24) is 10.3 Å². The van der Waals surface area contributed by atoms with Gasteiger partial charge in [0.2, 0.25) is 0 Å². The third-order valence-corrected chi connectivity index (χ3v) is 4.46. The van der Waals surface area contributed by atoms with Crippen LogP contribution in [0.15, 0.2) is 53.0 Å². The molecule has 0 radical (unpaired) electrons. The number of halogens is 1. The van der Waals surface area contributed by atoms with E-state index in [1.807, 2.05) is 48.5 Å². The van der Waals surface area contributed by atoms with E-state index in [0.29, 0.717) is 11.7 Å². The summed E-state index contributed by atoms with van der Waals surface area (Å²) in [5, 5.41) is 6.16. The van der Waals surface area contributed by atoms with Gasteiger partial charge in [-0.2, -0.15) is 0 Å². The summed E-state index contributed by atoms with van der Waals surface area (Å²) in [6, 6.07) is 15.4. The van der Waals surface area contributed by atoms with Gasteiger partial charge in [-0.15, -0.1) is 0 Å².